The summed E-state index contributed by atoms with van der Waals surface area (Å²) < 4.78 is 0. The maximum absolute atomic E-state index is 2.37. The van der Waals surface area contributed by atoms with E-state index in [2.05, 4.69) is 34.6 Å². The Labute approximate surface area is 130 Å². The van der Waals surface area contributed by atoms with Crippen molar-refractivity contribution in [1.82, 2.24) is 0 Å². The van der Waals surface area contributed by atoms with Crippen LogP contribution in [0.2, 0.25) is 0 Å². The van der Waals surface area contributed by atoms with E-state index in [1.165, 1.54) is 77.0 Å². The van der Waals surface area contributed by atoms with Crippen LogP contribution in [-0.4, -0.2) is 0 Å². The predicted molar refractivity (Wildman–Crippen MR) is 94.2 cm³/mol. The first-order valence-corrected chi connectivity index (χ1v) is 9.56. The van der Waals surface area contributed by atoms with Crippen LogP contribution in [0.5, 0.6) is 0 Å². The summed E-state index contributed by atoms with van der Waals surface area (Å²) in [5.41, 5.74) is 0. The number of hydrogen-bond acceptors (Lipinski definition) is 0. The highest BCUT2D eigenvalue weighted by molar-refractivity contribution is 4.63. The smallest absolute Gasteiger partial charge is 0.0414 e. The standard InChI is InChI=1S/C20H42/c1-6-7-8-9-10-11-12-13-20(16-14-18(2)3)17-15-19(4)5/h18-20H,6-17H2,1-5H3. The second-order valence-corrected chi connectivity index (χ2v) is 7.72. The lowest BCUT2D eigenvalue weighted by Crippen LogP contribution is -2.05. The highest BCUT2D eigenvalue weighted by Crippen LogP contribution is 2.25. The third-order valence-electron chi connectivity index (χ3n) is 4.52. The third-order valence-corrected chi connectivity index (χ3v) is 4.52. The van der Waals surface area contributed by atoms with Crippen LogP contribution in [0.4, 0.5) is 0 Å². The van der Waals surface area contributed by atoms with Crippen LogP contribution in [0.25, 0.3) is 0 Å². The van der Waals surface area contributed by atoms with E-state index in [1.807, 2.05) is 0 Å². The molecule has 0 unspecified atom stereocenters. The third kappa shape index (κ3) is 14.4. The van der Waals surface area contributed by atoms with Crippen LogP contribution in [-0.2, 0) is 0 Å². The quantitative estimate of drug-likeness (QED) is 0.287. The zero-order valence-electron chi connectivity index (χ0n) is 15.2. The lowest BCUT2D eigenvalue weighted by Gasteiger charge is -2.19. The van der Waals surface area contributed by atoms with Gasteiger partial charge in [-0.2, -0.15) is 0 Å². The Morgan fingerprint density at radius 1 is 0.500 bits per heavy atom. The van der Waals surface area contributed by atoms with Gasteiger partial charge in [0.15, 0.2) is 0 Å². The van der Waals surface area contributed by atoms with Crippen molar-refractivity contribution in [2.45, 2.75) is 112 Å². The molecule has 0 amide bonds. The summed E-state index contributed by atoms with van der Waals surface area (Å²) in [6.07, 6.45) is 17.5. The minimum Gasteiger partial charge on any atom is -0.0654 e. The molecule has 0 saturated heterocycles. The van der Waals surface area contributed by atoms with E-state index < -0.39 is 0 Å². The molecule has 0 N–H and O–H groups in total. The summed E-state index contributed by atoms with van der Waals surface area (Å²) in [5.74, 6) is 2.77. The van der Waals surface area contributed by atoms with Crippen LogP contribution in [0, 0.1) is 17.8 Å². The molecule has 0 bridgehead atoms. The minimum absolute atomic E-state index is 0.880. The van der Waals surface area contributed by atoms with Gasteiger partial charge in [-0.25, -0.2) is 0 Å². The van der Waals surface area contributed by atoms with Crippen molar-refractivity contribution < 1.29 is 0 Å². The van der Waals surface area contributed by atoms with E-state index in [-0.39, 0.29) is 0 Å². The molecular formula is C20H42. The lowest BCUT2D eigenvalue weighted by atomic mass is 9.87. The van der Waals surface area contributed by atoms with Gasteiger partial charge in [0.1, 0.15) is 0 Å². The number of hydrogen-bond donors (Lipinski definition) is 0. The molecule has 20 heavy (non-hydrogen) atoms. The SMILES string of the molecule is CCCCCCCCCC(CCC(C)C)CCC(C)C. The van der Waals surface area contributed by atoms with Gasteiger partial charge in [-0.1, -0.05) is 112 Å². The molecule has 0 aromatic heterocycles. The highest BCUT2D eigenvalue weighted by atomic mass is 14.2. The van der Waals surface area contributed by atoms with E-state index in [9.17, 15) is 0 Å². The molecule has 0 aliphatic carbocycles. The maximum Gasteiger partial charge on any atom is -0.0414 e. The Kier molecular flexibility index (Phi) is 14.0. The fourth-order valence-electron chi connectivity index (χ4n) is 2.96. The van der Waals surface area contributed by atoms with E-state index in [0.29, 0.717) is 0 Å². The van der Waals surface area contributed by atoms with Crippen molar-refractivity contribution in [3.63, 3.8) is 0 Å². The Balaban J connectivity index is 3.67. The van der Waals surface area contributed by atoms with E-state index in [1.54, 1.807) is 0 Å². The van der Waals surface area contributed by atoms with Crippen LogP contribution in [0.3, 0.4) is 0 Å². The Morgan fingerprint density at radius 2 is 0.950 bits per heavy atom. The maximum atomic E-state index is 2.37. The molecule has 0 aliphatic rings. The molecule has 0 rings (SSSR count). The van der Waals surface area contributed by atoms with Crippen molar-refractivity contribution in [2.24, 2.45) is 17.8 Å². The first-order valence-electron chi connectivity index (χ1n) is 9.56. The van der Waals surface area contributed by atoms with Gasteiger partial charge in [-0.15, -0.1) is 0 Å². The monoisotopic (exact) mass is 282 g/mol. The first kappa shape index (κ1) is 20.0. The van der Waals surface area contributed by atoms with Gasteiger partial charge in [0.2, 0.25) is 0 Å². The number of rotatable bonds is 14. The van der Waals surface area contributed by atoms with Crippen molar-refractivity contribution in [2.75, 3.05) is 0 Å². The van der Waals surface area contributed by atoms with Crippen molar-refractivity contribution in [3.05, 3.63) is 0 Å². The molecule has 0 heterocycles. The van der Waals surface area contributed by atoms with Crippen molar-refractivity contribution >= 4 is 0 Å². The molecule has 122 valence electrons. The summed E-state index contributed by atoms with van der Waals surface area (Å²) in [5, 5.41) is 0. The minimum atomic E-state index is 0.880. The lowest BCUT2D eigenvalue weighted by molar-refractivity contribution is 0.339. The molecular weight excluding hydrogens is 240 g/mol. The zero-order chi connectivity index (χ0) is 15.2. The fraction of sp³-hybridized carbons (Fsp3) is 1.00. The summed E-state index contributed by atoms with van der Waals surface area (Å²) in [4.78, 5) is 0. The second-order valence-electron chi connectivity index (χ2n) is 7.72. The zero-order valence-corrected chi connectivity index (χ0v) is 15.2. The van der Waals surface area contributed by atoms with Gasteiger partial charge in [-0.3, -0.25) is 0 Å². The highest BCUT2D eigenvalue weighted by Gasteiger charge is 2.10. The van der Waals surface area contributed by atoms with Gasteiger partial charge in [-0.05, 0) is 17.8 Å². The molecule has 0 nitrogen and oxygen atoms in total. The van der Waals surface area contributed by atoms with Crippen LogP contribution >= 0.6 is 0 Å². The molecule has 0 spiro atoms. The largest absolute Gasteiger partial charge is 0.0654 e. The summed E-state index contributed by atoms with van der Waals surface area (Å²) >= 11 is 0. The Bertz CT molecular complexity index is 168. The van der Waals surface area contributed by atoms with Gasteiger partial charge in [0, 0.05) is 0 Å². The van der Waals surface area contributed by atoms with E-state index in [4.69, 9.17) is 0 Å². The average molecular weight is 283 g/mol. The molecule has 0 fully saturated rings. The van der Waals surface area contributed by atoms with Crippen LogP contribution < -0.4 is 0 Å². The summed E-state index contributed by atoms with van der Waals surface area (Å²) in [6.45, 7) is 11.8. The van der Waals surface area contributed by atoms with E-state index in [0.717, 1.165) is 17.8 Å². The topological polar surface area (TPSA) is 0 Å². The van der Waals surface area contributed by atoms with Crippen LogP contribution in [0.1, 0.15) is 112 Å². The van der Waals surface area contributed by atoms with Crippen LogP contribution in [0.15, 0.2) is 0 Å². The predicted octanol–water partition coefficient (Wildman–Crippen LogP) is 7.62. The molecule has 0 saturated carbocycles. The van der Waals surface area contributed by atoms with Crippen molar-refractivity contribution in [3.8, 4) is 0 Å². The Hall–Kier alpha value is 0. The number of unbranched alkanes of at least 4 members (excludes halogenated alkanes) is 6. The fourth-order valence-corrected chi connectivity index (χ4v) is 2.96. The van der Waals surface area contributed by atoms with Gasteiger partial charge in [0.05, 0.1) is 0 Å². The molecule has 0 atom stereocenters. The molecule has 0 radical (unpaired) electrons. The normalized spacial score (nSPS) is 12.0. The first-order chi connectivity index (χ1) is 9.56. The molecule has 0 aromatic carbocycles. The van der Waals surface area contributed by atoms with Crippen molar-refractivity contribution in [1.29, 1.82) is 0 Å². The summed E-state index contributed by atoms with van der Waals surface area (Å²) in [7, 11) is 0. The van der Waals surface area contributed by atoms with E-state index >= 15 is 0 Å². The Morgan fingerprint density at radius 3 is 1.40 bits per heavy atom. The van der Waals surface area contributed by atoms with Gasteiger partial charge < -0.3 is 0 Å². The molecule has 0 aliphatic heterocycles. The van der Waals surface area contributed by atoms with Gasteiger partial charge in [0.25, 0.3) is 0 Å². The second kappa shape index (κ2) is 14.0. The van der Waals surface area contributed by atoms with Gasteiger partial charge >= 0.3 is 0 Å². The molecule has 0 heteroatoms. The summed E-state index contributed by atoms with van der Waals surface area (Å²) in [6, 6.07) is 0. The average Bonchev–Trinajstić information content (AvgIpc) is 2.39. The molecule has 0 aromatic rings.